The average Bonchev–Trinajstić information content (AvgIpc) is 3.60. The number of hydrogen-bond acceptors (Lipinski definition) is 9. The van der Waals surface area contributed by atoms with E-state index in [1.165, 1.54) is 50.5 Å². The van der Waals surface area contributed by atoms with E-state index in [9.17, 15) is 19.2 Å². The third-order valence-corrected chi connectivity index (χ3v) is 10.3. The van der Waals surface area contributed by atoms with Crippen LogP contribution in [0.1, 0.15) is 45.2 Å². The Morgan fingerprint density at radius 2 is 1.60 bits per heavy atom. The highest BCUT2D eigenvalue weighted by atomic mass is 32.2. The summed E-state index contributed by atoms with van der Waals surface area (Å²) < 4.78 is 16.0. The Bertz CT molecular complexity index is 2130. The number of carbonyl (C=O) groups excluding carboxylic acids is 4. The summed E-state index contributed by atoms with van der Waals surface area (Å²) >= 11 is 2.58. The van der Waals surface area contributed by atoms with Crippen molar-refractivity contribution in [2.45, 2.75) is 30.4 Å². The van der Waals surface area contributed by atoms with Crippen LogP contribution in [0.2, 0.25) is 0 Å². The van der Waals surface area contributed by atoms with Crippen molar-refractivity contribution in [2.75, 3.05) is 32.0 Å². The molecule has 0 bridgehead atoms. The van der Waals surface area contributed by atoms with Crippen molar-refractivity contribution in [3.05, 3.63) is 130 Å². The molecular formula is C41H39N3O7S2. The first-order valence-electron chi connectivity index (χ1n) is 16.6. The van der Waals surface area contributed by atoms with E-state index in [1.807, 2.05) is 49.6 Å². The topological polar surface area (TPSA) is 132 Å². The zero-order valence-corrected chi connectivity index (χ0v) is 31.5. The lowest BCUT2D eigenvalue weighted by molar-refractivity contribution is -0.116. The molecule has 1 heterocycles. The number of thiophene rings is 1. The number of thioether (sulfide) groups is 1. The van der Waals surface area contributed by atoms with Crippen LogP contribution < -0.4 is 25.4 Å². The van der Waals surface area contributed by atoms with Crippen molar-refractivity contribution in [3.63, 3.8) is 0 Å². The van der Waals surface area contributed by atoms with Gasteiger partial charge in [0.25, 0.3) is 11.8 Å². The molecule has 4 aromatic carbocycles. The number of ether oxygens (including phenoxy) is 3. The molecule has 0 radical (unpaired) electrons. The Labute approximate surface area is 316 Å². The Morgan fingerprint density at radius 1 is 0.849 bits per heavy atom. The molecule has 0 fully saturated rings. The molecule has 0 spiro atoms. The van der Waals surface area contributed by atoms with Crippen LogP contribution in [0, 0.1) is 6.92 Å². The lowest BCUT2D eigenvalue weighted by Gasteiger charge is -2.16. The van der Waals surface area contributed by atoms with Gasteiger partial charge in [0.15, 0.2) is 0 Å². The Morgan fingerprint density at radius 3 is 2.28 bits per heavy atom. The Balaban J connectivity index is 1.36. The molecular weight excluding hydrogens is 711 g/mol. The van der Waals surface area contributed by atoms with Crippen LogP contribution in [0.3, 0.4) is 0 Å². The maximum absolute atomic E-state index is 13.8. The van der Waals surface area contributed by atoms with Gasteiger partial charge >= 0.3 is 5.97 Å². The van der Waals surface area contributed by atoms with Gasteiger partial charge in [-0.1, -0.05) is 61.0 Å². The number of carbonyl (C=O) groups is 4. The highest BCUT2D eigenvalue weighted by Gasteiger charge is 2.26. The number of amides is 3. The number of aryl methyl sites for hydroxylation is 1. The summed E-state index contributed by atoms with van der Waals surface area (Å²) in [6.07, 6.45) is 2.00. The van der Waals surface area contributed by atoms with E-state index in [0.29, 0.717) is 50.9 Å². The number of anilines is 2. The van der Waals surface area contributed by atoms with E-state index >= 15 is 0 Å². The van der Waals surface area contributed by atoms with Gasteiger partial charge in [0.05, 0.1) is 26.6 Å². The first kappa shape index (κ1) is 38.4. The second-order valence-corrected chi connectivity index (χ2v) is 13.8. The molecule has 3 amide bonds. The molecule has 10 nitrogen and oxygen atoms in total. The minimum absolute atomic E-state index is 0.0309. The minimum Gasteiger partial charge on any atom is -0.497 e. The monoisotopic (exact) mass is 749 g/mol. The van der Waals surface area contributed by atoms with Gasteiger partial charge in [-0.25, -0.2) is 4.79 Å². The number of hydrogen-bond donors (Lipinski definition) is 3. The van der Waals surface area contributed by atoms with E-state index in [4.69, 9.17) is 14.2 Å². The molecule has 12 heteroatoms. The van der Waals surface area contributed by atoms with E-state index in [0.717, 1.165) is 16.0 Å². The SMILES string of the molecule is CCC(Sc1cccc(NC(=O)/C(=C\c2cc(OC)ccc2OC)NC(=O)c2ccccc2)c1)C(=O)Nc1scc(-c2ccc(C)cc2)c1C(=O)OC. The van der Waals surface area contributed by atoms with Gasteiger partial charge in [-0.2, -0.15) is 0 Å². The zero-order chi connectivity index (χ0) is 37.9. The highest BCUT2D eigenvalue weighted by molar-refractivity contribution is 8.00. The number of methoxy groups -OCH3 is 3. The fourth-order valence-electron chi connectivity index (χ4n) is 5.27. The van der Waals surface area contributed by atoms with E-state index < -0.39 is 23.0 Å². The van der Waals surface area contributed by atoms with Crippen LogP contribution in [0.5, 0.6) is 11.5 Å². The van der Waals surface area contributed by atoms with Crippen molar-refractivity contribution in [1.82, 2.24) is 5.32 Å². The molecule has 0 saturated carbocycles. The summed E-state index contributed by atoms with van der Waals surface area (Å²) in [7, 11) is 4.35. The summed E-state index contributed by atoms with van der Waals surface area (Å²) in [6.45, 7) is 3.88. The van der Waals surface area contributed by atoms with Crippen molar-refractivity contribution >= 4 is 63.6 Å². The summed E-state index contributed by atoms with van der Waals surface area (Å²) in [4.78, 5) is 54.2. The van der Waals surface area contributed by atoms with Crippen molar-refractivity contribution in [1.29, 1.82) is 0 Å². The molecule has 3 N–H and O–H groups in total. The summed E-state index contributed by atoms with van der Waals surface area (Å²) in [6, 6.07) is 28.5. The van der Waals surface area contributed by atoms with E-state index in [1.54, 1.807) is 66.7 Å². The maximum atomic E-state index is 13.8. The molecule has 53 heavy (non-hydrogen) atoms. The standard InChI is InChI=1S/C41H39N3O7S2/c1-6-35(39(47)44-40-36(41(48)51-5)32(24-52-40)26-17-15-25(2)16-18-26)53-31-14-10-13-29(23-31)42-38(46)33(43-37(45)27-11-8-7-9-12-27)22-28-21-30(49-3)19-20-34(28)50-4/h7-24,35H,6H2,1-5H3,(H,42,46)(H,43,45)(H,44,47)/b33-22+. The quantitative estimate of drug-likeness (QED) is 0.0586. The van der Waals surface area contributed by atoms with Gasteiger partial charge in [-0.15, -0.1) is 23.1 Å². The summed E-state index contributed by atoms with van der Waals surface area (Å²) in [5.41, 5.74) is 4.21. The molecule has 272 valence electrons. The third-order valence-electron chi connectivity index (χ3n) is 8.08. The summed E-state index contributed by atoms with van der Waals surface area (Å²) in [5.74, 6) is -0.863. The normalized spacial score (nSPS) is 11.6. The van der Waals surface area contributed by atoms with Crippen LogP contribution in [-0.4, -0.2) is 50.3 Å². The number of nitrogens with one attached hydrogen (secondary N) is 3. The van der Waals surface area contributed by atoms with Crippen molar-refractivity contribution < 1.29 is 33.4 Å². The number of rotatable bonds is 14. The highest BCUT2D eigenvalue weighted by Crippen LogP contribution is 2.37. The molecule has 5 aromatic rings. The molecule has 0 saturated heterocycles. The van der Waals surface area contributed by atoms with Gasteiger partial charge < -0.3 is 30.2 Å². The first-order chi connectivity index (χ1) is 25.6. The lowest BCUT2D eigenvalue weighted by Crippen LogP contribution is -2.30. The maximum Gasteiger partial charge on any atom is 0.341 e. The number of esters is 1. The molecule has 0 aliphatic heterocycles. The smallest absolute Gasteiger partial charge is 0.341 e. The third kappa shape index (κ3) is 9.73. The van der Waals surface area contributed by atoms with Crippen LogP contribution >= 0.6 is 23.1 Å². The molecule has 5 rings (SSSR count). The van der Waals surface area contributed by atoms with Gasteiger partial charge in [-0.3, -0.25) is 14.4 Å². The minimum atomic E-state index is -0.580. The predicted molar refractivity (Wildman–Crippen MR) is 211 cm³/mol. The van der Waals surface area contributed by atoms with Crippen molar-refractivity contribution in [2.24, 2.45) is 0 Å². The Hall–Kier alpha value is -5.85. The van der Waals surface area contributed by atoms with Gasteiger partial charge in [0, 0.05) is 32.7 Å². The van der Waals surface area contributed by atoms with Crippen LogP contribution in [-0.2, 0) is 14.3 Å². The fourth-order valence-corrected chi connectivity index (χ4v) is 7.25. The molecule has 1 atom stereocenters. The fraction of sp³-hybridized carbons (Fsp3) is 0.171. The van der Waals surface area contributed by atoms with Crippen LogP contribution in [0.4, 0.5) is 10.7 Å². The van der Waals surface area contributed by atoms with Crippen LogP contribution in [0.25, 0.3) is 17.2 Å². The van der Waals surface area contributed by atoms with Crippen molar-refractivity contribution in [3.8, 4) is 22.6 Å². The average molecular weight is 750 g/mol. The summed E-state index contributed by atoms with van der Waals surface area (Å²) in [5, 5.41) is 10.3. The predicted octanol–water partition coefficient (Wildman–Crippen LogP) is 8.45. The van der Waals surface area contributed by atoms with Gasteiger partial charge in [-0.05, 0) is 73.5 Å². The van der Waals surface area contributed by atoms with Gasteiger partial charge in [0.1, 0.15) is 27.8 Å². The number of benzene rings is 4. The largest absolute Gasteiger partial charge is 0.497 e. The molecule has 1 unspecified atom stereocenters. The first-order valence-corrected chi connectivity index (χ1v) is 18.4. The van der Waals surface area contributed by atoms with E-state index in [2.05, 4.69) is 16.0 Å². The molecule has 0 aliphatic carbocycles. The lowest BCUT2D eigenvalue weighted by atomic mass is 10.0. The Kier molecular flexibility index (Phi) is 13.1. The van der Waals surface area contributed by atoms with Gasteiger partial charge in [0.2, 0.25) is 5.91 Å². The zero-order valence-electron chi connectivity index (χ0n) is 29.9. The molecule has 1 aromatic heterocycles. The molecule has 0 aliphatic rings. The second-order valence-electron chi connectivity index (χ2n) is 11.7. The second kappa shape index (κ2) is 18.1. The van der Waals surface area contributed by atoms with Crippen LogP contribution in [0.15, 0.2) is 113 Å². The van der Waals surface area contributed by atoms with E-state index in [-0.39, 0.29) is 11.6 Å².